The Bertz CT molecular complexity index is 838. The summed E-state index contributed by atoms with van der Waals surface area (Å²) in [5.41, 5.74) is 1.41. The van der Waals surface area contributed by atoms with E-state index < -0.39 is 6.04 Å². The van der Waals surface area contributed by atoms with Crippen LogP contribution in [0.1, 0.15) is 17.2 Å². The Labute approximate surface area is 132 Å². The molecule has 1 heterocycles. The molecule has 2 aromatic carbocycles. The Morgan fingerprint density at radius 1 is 1.18 bits per heavy atom. The van der Waals surface area contributed by atoms with Crippen LogP contribution in [-0.2, 0) is 0 Å². The summed E-state index contributed by atoms with van der Waals surface area (Å²) in [6.45, 7) is 0. The quantitative estimate of drug-likeness (QED) is 0.766. The van der Waals surface area contributed by atoms with E-state index >= 15 is 0 Å². The summed E-state index contributed by atoms with van der Waals surface area (Å²) in [6.07, 6.45) is 1.61. The molecule has 2 N–H and O–H groups in total. The highest BCUT2D eigenvalue weighted by Gasteiger charge is 2.21. The van der Waals surface area contributed by atoms with Crippen molar-refractivity contribution in [1.82, 2.24) is 10.3 Å². The SMILES string of the molecule is CNC(c1cc(Cl)ccc1F)c1ccc2cccnc2c1O. The number of aromatic hydroxyl groups is 1. The zero-order valence-corrected chi connectivity index (χ0v) is 12.6. The van der Waals surface area contributed by atoms with Gasteiger partial charge in [-0.05, 0) is 31.3 Å². The molecule has 3 aromatic rings. The number of nitrogens with one attached hydrogen (secondary N) is 1. The lowest BCUT2D eigenvalue weighted by atomic mass is 9.96. The standard InChI is InChI=1S/C17H14ClFN2O/c1-20-16(13-9-11(18)5-7-14(13)19)12-6-4-10-3-2-8-21-15(10)17(12)22/h2-9,16,20,22H,1H3. The van der Waals surface area contributed by atoms with Crippen LogP contribution in [0.5, 0.6) is 5.75 Å². The van der Waals surface area contributed by atoms with E-state index in [0.29, 0.717) is 21.7 Å². The van der Waals surface area contributed by atoms with Crippen LogP contribution in [0, 0.1) is 5.82 Å². The summed E-state index contributed by atoms with van der Waals surface area (Å²) >= 11 is 5.97. The van der Waals surface area contributed by atoms with Gasteiger partial charge >= 0.3 is 0 Å². The molecule has 0 bridgehead atoms. The smallest absolute Gasteiger partial charge is 0.146 e. The lowest BCUT2D eigenvalue weighted by molar-refractivity contribution is 0.463. The predicted octanol–water partition coefficient (Wildman–Crippen LogP) is 4.04. The molecular formula is C17H14ClFN2O. The number of phenols is 1. The monoisotopic (exact) mass is 316 g/mol. The fraction of sp³-hybridized carbons (Fsp3) is 0.118. The molecule has 0 saturated heterocycles. The molecule has 112 valence electrons. The number of phenolic OH excluding ortho intramolecular Hbond substituents is 1. The maximum Gasteiger partial charge on any atom is 0.146 e. The Kier molecular flexibility index (Phi) is 3.96. The molecule has 1 unspecified atom stereocenters. The number of nitrogens with zero attached hydrogens (tertiary/aromatic N) is 1. The van der Waals surface area contributed by atoms with Gasteiger partial charge in [-0.2, -0.15) is 0 Å². The van der Waals surface area contributed by atoms with E-state index in [1.807, 2.05) is 12.1 Å². The second-order valence-electron chi connectivity index (χ2n) is 4.97. The van der Waals surface area contributed by atoms with Crippen molar-refractivity contribution in [3.63, 3.8) is 0 Å². The van der Waals surface area contributed by atoms with Crippen molar-refractivity contribution in [1.29, 1.82) is 0 Å². The number of rotatable bonds is 3. The van der Waals surface area contributed by atoms with Crippen LogP contribution in [0.15, 0.2) is 48.7 Å². The Morgan fingerprint density at radius 2 is 2.00 bits per heavy atom. The van der Waals surface area contributed by atoms with Crippen molar-refractivity contribution in [3.05, 3.63) is 70.6 Å². The van der Waals surface area contributed by atoms with Crippen molar-refractivity contribution in [2.24, 2.45) is 0 Å². The molecule has 1 aromatic heterocycles. The van der Waals surface area contributed by atoms with Crippen LogP contribution in [0.2, 0.25) is 5.02 Å². The van der Waals surface area contributed by atoms with Crippen LogP contribution in [-0.4, -0.2) is 17.1 Å². The average molecular weight is 317 g/mol. The fourth-order valence-electron chi connectivity index (χ4n) is 2.59. The predicted molar refractivity (Wildman–Crippen MR) is 85.7 cm³/mol. The third-order valence-electron chi connectivity index (χ3n) is 3.65. The molecule has 0 aliphatic rings. The zero-order valence-electron chi connectivity index (χ0n) is 11.8. The highest BCUT2D eigenvalue weighted by molar-refractivity contribution is 6.30. The second kappa shape index (κ2) is 5.91. The average Bonchev–Trinajstić information content (AvgIpc) is 2.53. The molecular weight excluding hydrogens is 303 g/mol. The molecule has 0 spiro atoms. The number of hydrogen-bond acceptors (Lipinski definition) is 3. The topological polar surface area (TPSA) is 45.2 Å². The van der Waals surface area contributed by atoms with Gasteiger partial charge < -0.3 is 10.4 Å². The summed E-state index contributed by atoms with van der Waals surface area (Å²) in [5, 5.41) is 14.8. The van der Waals surface area contributed by atoms with E-state index in [4.69, 9.17) is 11.6 Å². The minimum atomic E-state index is -0.523. The first kappa shape index (κ1) is 14.8. The van der Waals surface area contributed by atoms with Crippen LogP contribution in [0.3, 0.4) is 0 Å². The summed E-state index contributed by atoms with van der Waals surface area (Å²) in [6, 6.07) is 11.1. The van der Waals surface area contributed by atoms with Crippen LogP contribution >= 0.6 is 11.6 Å². The van der Waals surface area contributed by atoms with Gasteiger partial charge in [0.2, 0.25) is 0 Å². The minimum Gasteiger partial charge on any atom is -0.505 e. The first-order valence-corrected chi connectivity index (χ1v) is 7.18. The number of fused-ring (bicyclic) bond motifs is 1. The van der Waals surface area contributed by atoms with E-state index in [9.17, 15) is 9.50 Å². The zero-order chi connectivity index (χ0) is 15.7. The second-order valence-corrected chi connectivity index (χ2v) is 5.40. The largest absolute Gasteiger partial charge is 0.505 e. The molecule has 0 saturated carbocycles. The van der Waals surface area contributed by atoms with Gasteiger partial charge in [0.15, 0.2) is 0 Å². The number of halogens is 2. The van der Waals surface area contributed by atoms with Crippen molar-refractivity contribution in [3.8, 4) is 5.75 Å². The number of hydrogen-bond donors (Lipinski definition) is 2. The lowest BCUT2D eigenvalue weighted by Crippen LogP contribution is -2.19. The molecule has 3 rings (SSSR count). The molecule has 22 heavy (non-hydrogen) atoms. The Balaban J connectivity index is 2.19. The first-order chi connectivity index (χ1) is 10.6. The highest BCUT2D eigenvalue weighted by atomic mass is 35.5. The summed E-state index contributed by atoms with van der Waals surface area (Å²) < 4.78 is 14.1. The first-order valence-electron chi connectivity index (χ1n) is 6.80. The van der Waals surface area contributed by atoms with Gasteiger partial charge in [-0.15, -0.1) is 0 Å². The number of aromatic nitrogens is 1. The molecule has 0 aliphatic carbocycles. The van der Waals surface area contributed by atoms with Crippen molar-refractivity contribution < 1.29 is 9.50 Å². The van der Waals surface area contributed by atoms with Gasteiger partial charge in [-0.1, -0.05) is 29.8 Å². The highest BCUT2D eigenvalue weighted by Crippen LogP contribution is 2.35. The Morgan fingerprint density at radius 3 is 2.77 bits per heavy atom. The molecule has 0 fully saturated rings. The minimum absolute atomic E-state index is 0.0387. The third kappa shape index (κ3) is 2.51. The van der Waals surface area contributed by atoms with Gasteiger partial charge in [0.1, 0.15) is 17.1 Å². The van der Waals surface area contributed by atoms with Crippen LogP contribution in [0.4, 0.5) is 4.39 Å². The molecule has 5 heteroatoms. The fourth-order valence-corrected chi connectivity index (χ4v) is 2.77. The van der Waals surface area contributed by atoms with E-state index in [1.165, 1.54) is 12.1 Å². The third-order valence-corrected chi connectivity index (χ3v) is 3.88. The lowest BCUT2D eigenvalue weighted by Gasteiger charge is -2.20. The molecule has 3 nitrogen and oxygen atoms in total. The van der Waals surface area contributed by atoms with Crippen LogP contribution in [0.25, 0.3) is 10.9 Å². The van der Waals surface area contributed by atoms with Crippen LogP contribution < -0.4 is 5.32 Å². The summed E-state index contributed by atoms with van der Waals surface area (Å²) in [4.78, 5) is 4.19. The normalized spacial score (nSPS) is 12.5. The Hall–Kier alpha value is -2.17. The number of benzene rings is 2. The molecule has 0 amide bonds. The van der Waals surface area contributed by atoms with E-state index in [-0.39, 0.29) is 11.6 Å². The van der Waals surface area contributed by atoms with Crippen molar-refractivity contribution in [2.45, 2.75) is 6.04 Å². The van der Waals surface area contributed by atoms with Crippen molar-refractivity contribution in [2.75, 3.05) is 7.05 Å². The maximum absolute atomic E-state index is 14.1. The van der Waals surface area contributed by atoms with Crippen molar-refractivity contribution >= 4 is 22.5 Å². The van der Waals surface area contributed by atoms with Gasteiger partial charge in [-0.25, -0.2) is 4.39 Å². The molecule has 1 atom stereocenters. The number of pyridine rings is 1. The van der Waals surface area contributed by atoms with E-state index in [0.717, 1.165) is 5.39 Å². The summed E-state index contributed by atoms with van der Waals surface area (Å²) in [5.74, 6) is -0.346. The van der Waals surface area contributed by atoms with E-state index in [1.54, 1.807) is 31.4 Å². The van der Waals surface area contributed by atoms with Gasteiger partial charge in [0, 0.05) is 27.7 Å². The van der Waals surface area contributed by atoms with Gasteiger partial charge in [-0.3, -0.25) is 4.98 Å². The van der Waals surface area contributed by atoms with Gasteiger partial charge in [0.05, 0.1) is 6.04 Å². The van der Waals surface area contributed by atoms with E-state index in [2.05, 4.69) is 10.3 Å². The molecule has 0 aliphatic heterocycles. The molecule has 0 radical (unpaired) electrons. The maximum atomic E-state index is 14.1. The summed E-state index contributed by atoms with van der Waals surface area (Å²) in [7, 11) is 1.70. The van der Waals surface area contributed by atoms with Gasteiger partial charge in [0.25, 0.3) is 0 Å².